The lowest BCUT2D eigenvalue weighted by Gasteiger charge is -2.07. The van der Waals surface area contributed by atoms with Crippen molar-refractivity contribution in [2.75, 3.05) is 18.5 Å². The van der Waals surface area contributed by atoms with Crippen LogP contribution in [0, 0.1) is 0 Å². The number of hydrogen-bond acceptors (Lipinski definition) is 3. The molecule has 1 aromatic rings. The molecule has 0 radical (unpaired) electrons. The van der Waals surface area contributed by atoms with Crippen molar-refractivity contribution in [2.45, 2.75) is 6.92 Å². The molecule has 1 aromatic carbocycles. The van der Waals surface area contributed by atoms with Crippen LogP contribution in [0.3, 0.4) is 0 Å². The predicted octanol–water partition coefficient (Wildman–Crippen LogP) is 3.12. The zero-order valence-corrected chi connectivity index (χ0v) is 10.2. The van der Waals surface area contributed by atoms with Crippen molar-refractivity contribution in [1.29, 1.82) is 0 Å². The molecule has 0 atom stereocenters. The first kappa shape index (κ1) is 12.0. The SMILES string of the molecule is CCOC(=Nc1ccccc1)OCCBr. The Morgan fingerprint density at radius 3 is 2.60 bits per heavy atom. The zero-order valence-electron chi connectivity index (χ0n) is 8.65. The Hall–Kier alpha value is -1.03. The van der Waals surface area contributed by atoms with Gasteiger partial charge in [0.25, 0.3) is 0 Å². The highest BCUT2D eigenvalue weighted by Gasteiger charge is 2.00. The van der Waals surface area contributed by atoms with E-state index in [4.69, 9.17) is 9.47 Å². The first-order valence-electron chi connectivity index (χ1n) is 4.82. The summed E-state index contributed by atoms with van der Waals surface area (Å²) in [5.41, 5.74) is 0.829. The molecule has 0 saturated carbocycles. The number of halogens is 1. The minimum Gasteiger partial charge on any atom is -0.451 e. The monoisotopic (exact) mass is 271 g/mol. The first-order valence-corrected chi connectivity index (χ1v) is 5.94. The molecule has 0 unspecified atom stereocenters. The number of rotatable bonds is 4. The molecule has 0 saturated heterocycles. The van der Waals surface area contributed by atoms with Gasteiger partial charge < -0.3 is 9.47 Å². The van der Waals surface area contributed by atoms with Crippen molar-refractivity contribution in [3.05, 3.63) is 30.3 Å². The Balaban J connectivity index is 2.65. The molecular formula is C11H14BrNO2. The molecule has 0 spiro atoms. The smallest absolute Gasteiger partial charge is 0.388 e. The lowest BCUT2D eigenvalue weighted by molar-refractivity contribution is 0.183. The fourth-order valence-electron chi connectivity index (χ4n) is 0.964. The second-order valence-corrected chi connectivity index (χ2v) is 3.48. The van der Waals surface area contributed by atoms with Crippen LogP contribution < -0.4 is 0 Å². The molecule has 0 amide bonds. The van der Waals surface area contributed by atoms with Crippen LogP contribution in [0.15, 0.2) is 35.3 Å². The summed E-state index contributed by atoms with van der Waals surface area (Å²) in [6.45, 7) is 3.00. The molecule has 0 aromatic heterocycles. The largest absolute Gasteiger partial charge is 0.451 e. The molecule has 0 heterocycles. The standard InChI is InChI=1S/C11H14BrNO2/c1-2-14-11(15-9-8-12)13-10-6-4-3-5-7-10/h3-7H,2,8-9H2,1H3. The van der Waals surface area contributed by atoms with Gasteiger partial charge in [0.05, 0.1) is 12.3 Å². The highest BCUT2D eigenvalue weighted by molar-refractivity contribution is 9.09. The minimum atomic E-state index is 0.322. The summed E-state index contributed by atoms with van der Waals surface area (Å²) in [5, 5.41) is 0.758. The summed E-state index contributed by atoms with van der Waals surface area (Å²) in [5.74, 6) is 0. The predicted molar refractivity (Wildman–Crippen MR) is 64.9 cm³/mol. The lowest BCUT2D eigenvalue weighted by Crippen LogP contribution is -2.11. The zero-order chi connectivity index (χ0) is 10.9. The van der Waals surface area contributed by atoms with Crippen LogP contribution in [0.5, 0.6) is 0 Å². The van der Waals surface area contributed by atoms with Crippen LogP contribution in [0.4, 0.5) is 5.69 Å². The summed E-state index contributed by atoms with van der Waals surface area (Å²) in [4.78, 5) is 4.24. The maximum Gasteiger partial charge on any atom is 0.388 e. The average Bonchev–Trinajstić information content (AvgIpc) is 2.28. The average molecular weight is 272 g/mol. The van der Waals surface area contributed by atoms with E-state index in [1.54, 1.807) is 0 Å². The molecule has 82 valence electrons. The molecule has 0 fully saturated rings. The Bertz CT molecular complexity index is 301. The second kappa shape index (κ2) is 7.29. The molecule has 0 aliphatic heterocycles. The van der Waals surface area contributed by atoms with E-state index < -0.39 is 0 Å². The van der Waals surface area contributed by atoms with Crippen molar-refractivity contribution in [2.24, 2.45) is 4.99 Å². The van der Waals surface area contributed by atoms with Gasteiger partial charge in [0, 0.05) is 5.33 Å². The van der Waals surface area contributed by atoms with E-state index in [9.17, 15) is 0 Å². The molecule has 0 bridgehead atoms. The Morgan fingerprint density at radius 2 is 2.00 bits per heavy atom. The van der Waals surface area contributed by atoms with E-state index in [1.807, 2.05) is 37.3 Å². The third kappa shape index (κ3) is 4.83. The van der Waals surface area contributed by atoms with Crippen LogP contribution in [0.2, 0.25) is 0 Å². The molecular weight excluding hydrogens is 258 g/mol. The molecule has 0 N–H and O–H groups in total. The molecule has 0 aliphatic rings. The summed E-state index contributed by atoms with van der Waals surface area (Å²) in [6.07, 6.45) is 0.322. The Morgan fingerprint density at radius 1 is 1.27 bits per heavy atom. The molecule has 15 heavy (non-hydrogen) atoms. The minimum absolute atomic E-state index is 0.322. The van der Waals surface area contributed by atoms with E-state index in [2.05, 4.69) is 20.9 Å². The van der Waals surface area contributed by atoms with Crippen LogP contribution in [0.1, 0.15) is 6.92 Å². The number of nitrogens with zero attached hydrogens (tertiary/aromatic N) is 1. The summed E-state index contributed by atoms with van der Waals surface area (Å²) in [7, 11) is 0. The van der Waals surface area contributed by atoms with E-state index in [-0.39, 0.29) is 0 Å². The number of ether oxygens (including phenoxy) is 2. The summed E-state index contributed by atoms with van der Waals surface area (Å²) in [6, 6.07) is 9.59. The van der Waals surface area contributed by atoms with Crippen LogP contribution in [0.25, 0.3) is 0 Å². The highest BCUT2D eigenvalue weighted by atomic mass is 79.9. The fourth-order valence-corrected chi connectivity index (χ4v) is 1.13. The van der Waals surface area contributed by atoms with Gasteiger partial charge in [0.15, 0.2) is 0 Å². The first-order chi connectivity index (χ1) is 7.36. The van der Waals surface area contributed by atoms with Crippen LogP contribution in [-0.4, -0.2) is 24.6 Å². The lowest BCUT2D eigenvalue weighted by atomic mass is 10.3. The van der Waals surface area contributed by atoms with Gasteiger partial charge in [-0.2, -0.15) is 4.99 Å². The fraction of sp³-hybridized carbons (Fsp3) is 0.364. The maximum atomic E-state index is 5.32. The van der Waals surface area contributed by atoms with Gasteiger partial charge >= 0.3 is 6.08 Å². The number of alkyl halides is 1. The van der Waals surface area contributed by atoms with Gasteiger partial charge in [-0.15, -0.1) is 0 Å². The van der Waals surface area contributed by atoms with Crippen molar-refractivity contribution in [1.82, 2.24) is 0 Å². The highest BCUT2D eigenvalue weighted by Crippen LogP contribution is 2.10. The topological polar surface area (TPSA) is 30.8 Å². The van der Waals surface area contributed by atoms with E-state index in [0.29, 0.717) is 19.3 Å². The number of para-hydroxylation sites is 1. The third-order valence-electron chi connectivity index (χ3n) is 1.55. The van der Waals surface area contributed by atoms with Crippen molar-refractivity contribution in [3.8, 4) is 0 Å². The second-order valence-electron chi connectivity index (χ2n) is 2.68. The van der Waals surface area contributed by atoms with Crippen LogP contribution >= 0.6 is 15.9 Å². The van der Waals surface area contributed by atoms with E-state index in [0.717, 1.165) is 11.0 Å². The van der Waals surface area contributed by atoms with Crippen LogP contribution in [-0.2, 0) is 9.47 Å². The Kier molecular flexibility index (Phi) is 5.85. The van der Waals surface area contributed by atoms with Gasteiger partial charge in [-0.25, -0.2) is 0 Å². The quantitative estimate of drug-likeness (QED) is 0.479. The molecule has 4 heteroatoms. The normalized spacial score (nSPS) is 11.2. The maximum absolute atomic E-state index is 5.32. The van der Waals surface area contributed by atoms with Gasteiger partial charge in [-0.3, -0.25) is 0 Å². The van der Waals surface area contributed by atoms with Crippen molar-refractivity contribution < 1.29 is 9.47 Å². The molecule has 1 rings (SSSR count). The van der Waals surface area contributed by atoms with Crippen molar-refractivity contribution in [3.63, 3.8) is 0 Å². The number of aliphatic imine (C=N–C) groups is 1. The number of benzene rings is 1. The summed E-state index contributed by atoms with van der Waals surface area (Å²) < 4.78 is 10.6. The summed E-state index contributed by atoms with van der Waals surface area (Å²) >= 11 is 3.28. The molecule has 0 aliphatic carbocycles. The van der Waals surface area contributed by atoms with Crippen molar-refractivity contribution >= 4 is 27.7 Å². The Labute approximate surface area is 98.2 Å². The van der Waals surface area contributed by atoms with Gasteiger partial charge in [-0.05, 0) is 19.1 Å². The molecule has 3 nitrogen and oxygen atoms in total. The van der Waals surface area contributed by atoms with E-state index in [1.165, 1.54) is 0 Å². The van der Waals surface area contributed by atoms with Gasteiger partial charge in [0.1, 0.15) is 6.61 Å². The van der Waals surface area contributed by atoms with Gasteiger partial charge in [0.2, 0.25) is 0 Å². The van der Waals surface area contributed by atoms with Gasteiger partial charge in [-0.1, -0.05) is 34.1 Å². The van der Waals surface area contributed by atoms with E-state index >= 15 is 0 Å². The third-order valence-corrected chi connectivity index (χ3v) is 1.87. The number of hydrogen-bond donors (Lipinski definition) is 0.